The van der Waals surface area contributed by atoms with Crippen LogP contribution in [0.4, 0.5) is 0 Å². The quantitative estimate of drug-likeness (QED) is 0.330. The summed E-state index contributed by atoms with van der Waals surface area (Å²) < 4.78 is 0. The molecule has 22 heavy (non-hydrogen) atoms. The summed E-state index contributed by atoms with van der Waals surface area (Å²) in [4.78, 5) is 20.3. The van der Waals surface area contributed by atoms with Crippen LogP contribution in [0, 0.1) is 17.8 Å². The molecule has 0 amide bonds. The average Bonchev–Trinajstić information content (AvgIpc) is 3.23. The summed E-state index contributed by atoms with van der Waals surface area (Å²) >= 11 is 0. The topological polar surface area (TPSA) is 34.1 Å². The van der Waals surface area contributed by atoms with Gasteiger partial charge < -0.3 is 9.59 Å². The molecule has 0 aromatic heterocycles. The van der Waals surface area contributed by atoms with Gasteiger partial charge in [0.15, 0.2) is 0 Å². The van der Waals surface area contributed by atoms with Gasteiger partial charge >= 0.3 is 0 Å². The summed E-state index contributed by atoms with van der Waals surface area (Å²) in [6.07, 6.45) is 22.3. The lowest BCUT2D eigenvalue weighted by atomic mass is 9.86. The van der Waals surface area contributed by atoms with Gasteiger partial charge in [0.05, 0.1) is 0 Å². The van der Waals surface area contributed by atoms with E-state index in [2.05, 4.69) is 31.2 Å². The second-order valence-corrected chi connectivity index (χ2v) is 6.49. The molecule has 2 unspecified atom stereocenters. The third kappa shape index (κ3) is 7.72. The third-order valence-electron chi connectivity index (χ3n) is 4.89. The third-order valence-corrected chi connectivity index (χ3v) is 4.89. The molecule has 0 fully saturated rings. The molecule has 2 aliphatic rings. The molecule has 0 aromatic carbocycles. The maximum Gasteiger partial charge on any atom is 0.120 e. The van der Waals surface area contributed by atoms with E-state index in [1.54, 1.807) is 0 Å². The van der Waals surface area contributed by atoms with E-state index >= 15 is 0 Å². The van der Waals surface area contributed by atoms with E-state index in [-0.39, 0.29) is 0 Å². The standard InChI is InChI=1S/2C10H16O/c1-2-9(7-8-11)10-5-3-4-6-10;11-9-5-1-2-6-10-7-3-4-8-10/h3-4,8-10H,2,5-7H2,1H3;3,7,9-10H,1-2,4-6,8H2. The zero-order valence-corrected chi connectivity index (χ0v) is 14.1. The molecule has 124 valence electrons. The first-order valence-corrected chi connectivity index (χ1v) is 9.00. The van der Waals surface area contributed by atoms with Gasteiger partial charge in [0, 0.05) is 12.8 Å². The zero-order valence-electron chi connectivity index (χ0n) is 14.1. The van der Waals surface area contributed by atoms with Crippen LogP contribution in [0.15, 0.2) is 24.3 Å². The van der Waals surface area contributed by atoms with Gasteiger partial charge in [-0.05, 0) is 56.3 Å². The van der Waals surface area contributed by atoms with Crippen LogP contribution in [0.5, 0.6) is 0 Å². The Hall–Kier alpha value is -1.18. The SMILES string of the molecule is CCC(CC=O)C1CC=CC1.O=CCCCCC1C=CCC1. The number of hydrogen-bond acceptors (Lipinski definition) is 2. The van der Waals surface area contributed by atoms with E-state index in [1.165, 1.54) is 38.5 Å². The minimum absolute atomic E-state index is 0.627. The Balaban J connectivity index is 0.000000220. The van der Waals surface area contributed by atoms with Crippen molar-refractivity contribution in [3.63, 3.8) is 0 Å². The van der Waals surface area contributed by atoms with Crippen LogP contribution in [0.1, 0.15) is 71.1 Å². The molecule has 2 atom stereocenters. The molecular formula is C20H32O2. The number of unbranched alkanes of at least 4 members (excludes halogenated alkanes) is 2. The first-order valence-electron chi connectivity index (χ1n) is 9.00. The summed E-state index contributed by atoms with van der Waals surface area (Å²) in [7, 11) is 0. The molecule has 0 N–H and O–H groups in total. The second-order valence-electron chi connectivity index (χ2n) is 6.49. The average molecular weight is 304 g/mol. The molecule has 0 aromatic rings. The molecule has 2 rings (SSSR count). The van der Waals surface area contributed by atoms with E-state index in [9.17, 15) is 9.59 Å². The minimum Gasteiger partial charge on any atom is -0.303 e. The van der Waals surface area contributed by atoms with Crippen molar-refractivity contribution in [2.24, 2.45) is 17.8 Å². The molecule has 2 heteroatoms. The van der Waals surface area contributed by atoms with E-state index in [0.717, 1.165) is 50.1 Å². The molecule has 0 radical (unpaired) electrons. The number of allylic oxidation sites excluding steroid dienone is 4. The van der Waals surface area contributed by atoms with Gasteiger partial charge in [0.25, 0.3) is 0 Å². The first kappa shape index (κ1) is 18.9. The van der Waals surface area contributed by atoms with Crippen molar-refractivity contribution in [2.75, 3.05) is 0 Å². The predicted molar refractivity (Wildman–Crippen MR) is 92.7 cm³/mol. The maximum absolute atomic E-state index is 10.3. The monoisotopic (exact) mass is 304 g/mol. The van der Waals surface area contributed by atoms with Gasteiger partial charge in [-0.3, -0.25) is 0 Å². The maximum atomic E-state index is 10.3. The van der Waals surface area contributed by atoms with Crippen molar-refractivity contribution >= 4 is 12.6 Å². The Morgan fingerprint density at radius 2 is 1.86 bits per heavy atom. The molecule has 2 nitrogen and oxygen atoms in total. The molecule has 0 saturated carbocycles. The number of hydrogen-bond donors (Lipinski definition) is 0. The Kier molecular flexibility index (Phi) is 10.6. The van der Waals surface area contributed by atoms with Crippen LogP contribution in [0.3, 0.4) is 0 Å². The molecule has 2 aliphatic carbocycles. The lowest BCUT2D eigenvalue weighted by Crippen LogP contribution is -2.11. The highest BCUT2D eigenvalue weighted by molar-refractivity contribution is 5.49. The summed E-state index contributed by atoms with van der Waals surface area (Å²) in [5, 5.41) is 0. The highest BCUT2D eigenvalue weighted by atomic mass is 16.1. The molecule has 0 saturated heterocycles. The van der Waals surface area contributed by atoms with Crippen molar-refractivity contribution < 1.29 is 9.59 Å². The summed E-state index contributed by atoms with van der Waals surface area (Å²) in [5.74, 6) is 2.20. The Bertz CT molecular complexity index is 349. The molecular weight excluding hydrogens is 272 g/mol. The largest absolute Gasteiger partial charge is 0.303 e. The van der Waals surface area contributed by atoms with Crippen LogP contribution in [-0.4, -0.2) is 12.6 Å². The lowest BCUT2D eigenvalue weighted by Gasteiger charge is -2.18. The number of rotatable bonds is 9. The number of carbonyl (C=O) groups is 2. The van der Waals surface area contributed by atoms with Gasteiger partial charge in [-0.2, -0.15) is 0 Å². The Morgan fingerprint density at radius 1 is 1.09 bits per heavy atom. The van der Waals surface area contributed by atoms with Gasteiger partial charge in [-0.25, -0.2) is 0 Å². The smallest absolute Gasteiger partial charge is 0.120 e. The first-order chi connectivity index (χ1) is 10.8. The zero-order chi connectivity index (χ0) is 16.0. The van der Waals surface area contributed by atoms with Crippen molar-refractivity contribution in [3.05, 3.63) is 24.3 Å². The van der Waals surface area contributed by atoms with Crippen molar-refractivity contribution in [3.8, 4) is 0 Å². The highest BCUT2D eigenvalue weighted by Crippen LogP contribution is 2.29. The van der Waals surface area contributed by atoms with Gasteiger partial charge in [0.2, 0.25) is 0 Å². The highest BCUT2D eigenvalue weighted by Gasteiger charge is 2.19. The number of aldehydes is 2. The minimum atomic E-state index is 0.627. The summed E-state index contributed by atoms with van der Waals surface area (Å²) in [6.45, 7) is 2.17. The Labute approximate surface area is 136 Å². The van der Waals surface area contributed by atoms with Crippen molar-refractivity contribution in [1.82, 2.24) is 0 Å². The van der Waals surface area contributed by atoms with Crippen molar-refractivity contribution in [1.29, 1.82) is 0 Å². The normalized spacial score (nSPS) is 21.4. The summed E-state index contributed by atoms with van der Waals surface area (Å²) in [6, 6.07) is 0. The fourth-order valence-corrected chi connectivity index (χ4v) is 3.41. The van der Waals surface area contributed by atoms with Crippen LogP contribution < -0.4 is 0 Å². The van der Waals surface area contributed by atoms with Crippen LogP contribution in [-0.2, 0) is 9.59 Å². The molecule has 0 heterocycles. The van der Waals surface area contributed by atoms with Crippen molar-refractivity contribution in [2.45, 2.75) is 71.1 Å². The van der Waals surface area contributed by atoms with Crippen LogP contribution in [0.2, 0.25) is 0 Å². The van der Waals surface area contributed by atoms with E-state index < -0.39 is 0 Å². The lowest BCUT2D eigenvalue weighted by molar-refractivity contribution is -0.109. The van der Waals surface area contributed by atoms with Gasteiger partial charge in [-0.15, -0.1) is 0 Å². The Morgan fingerprint density at radius 3 is 2.41 bits per heavy atom. The van der Waals surface area contributed by atoms with E-state index in [1.807, 2.05) is 0 Å². The summed E-state index contributed by atoms with van der Waals surface area (Å²) in [5.41, 5.74) is 0. The van der Waals surface area contributed by atoms with E-state index in [0.29, 0.717) is 5.92 Å². The van der Waals surface area contributed by atoms with Crippen LogP contribution in [0.25, 0.3) is 0 Å². The molecule has 0 aliphatic heterocycles. The number of carbonyl (C=O) groups excluding carboxylic acids is 2. The fraction of sp³-hybridized carbons (Fsp3) is 0.700. The second kappa shape index (κ2) is 12.4. The van der Waals surface area contributed by atoms with Gasteiger partial charge in [0.1, 0.15) is 12.6 Å². The molecule has 0 spiro atoms. The van der Waals surface area contributed by atoms with E-state index in [4.69, 9.17) is 0 Å². The molecule has 0 bridgehead atoms. The van der Waals surface area contributed by atoms with Gasteiger partial charge in [-0.1, -0.05) is 44.1 Å². The fourth-order valence-electron chi connectivity index (χ4n) is 3.41. The van der Waals surface area contributed by atoms with Crippen LogP contribution >= 0.6 is 0 Å². The predicted octanol–water partition coefficient (Wildman–Crippen LogP) is 5.28.